The predicted octanol–water partition coefficient (Wildman–Crippen LogP) is 21.8. The molecule has 3 atom stereocenters. The number of carbonyl (C=O) groups excluding carboxylic acids is 2. The molecular weight excluding hydrogens is 1020 g/mol. The number of amides is 1. The second-order valence-corrected chi connectivity index (χ2v) is 26.1. The Hall–Kier alpha value is -2.29. The fourth-order valence-electron chi connectivity index (χ4n) is 10.1. The van der Waals surface area contributed by atoms with Crippen molar-refractivity contribution in [3.05, 3.63) is 60.8 Å². The molecule has 0 bridgehead atoms. The molecule has 474 valence electrons. The number of nitrogens with zero attached hydrogens (tertiary/aromatic N) is 1. The van der Waals surface area contributed by atoms with Gasteiger partial charge in [0.15, 0.2) is 0 Å². The summed E-state index contributed by atoms with van der Waals surface area (Å²) in [5.41, 5.74) is 0. The number of esters is 1. The number of likely N-dealkylation sites (N-methyl/N-ethyl adjacent to an activating group) is 1. The predicted molar refractivity (Wildman–Crippen MR) is 351 cm³/mol. The minimum atomic E-state index is -4.46. The van der Waals surface area contributed by atoms with E-state index in [2.05, 4.69) is 74.7 Å². The third-order valence-corrected chi connectivity index (χ3v) is 16.4. The highest BCUT2D eigenvalue weighted by molar-refractivity contribution is 7.47. The van der Waals surface area contributed by atoms with E-state index in [1.807, 2.05) is 33.3 Å². The summed E-state index contributed by atoms with van der Waals surface area (Å²) in [5.74, 6) is -0.519. The molecule has 0 aliphatic rings. The van der Waals surface area contributed by atoms with Crippen LogP contribution in [0.3, 0.4) is 0 Å². The number of nitrogens with one attached hydrogen (secondary N) is 1. The normalized spacial score (nSPS) is 13.9. The topological polar surface area (TPSA) is 111 Å². The zero-order chi connectivity index (χ0) is 59.3. The van der Waals surface area contributed by atoms with Gasteiger partial charge >= 0.3 is 13.8 Å². The van der Waals surface area contributed by atoms with Gasteiger partial charge in [-0.05, 0) is 96.0 Å². The molecule has 0 heterocycles. The van der Waals surface area contributed by atoms with E-state index in [1.54, 1.807) is 0 Å². The fourth-order valence-corrected chi connectivity index (χ4v) is 10.8. The van der Waals surface area contributed by atoms with E-state index in [4.69, 9.17) is 13.8 Å². The molecule has 2 N–H and O–H groups in total. The number of ether oxygens (including phenoxy) is 1. The fraction of sp³-hybridized carbons (Fsp3) is 0.831. The molecule has 1 amide bonds. The Morgan fingerprint density at radius 2 is 0.753 bits per heavy atom. The van der Waals surface area contributed by atoms with Crippen molar-refractivity contribution in [1.82, 2.24) is 5.32 Å². The second-order valence-electron chi connectivity index (χ2n) is 24.7. The number of hydrogen-bond acceptors (Lipinski definition) is 6. The standard InChI is InChI=1S/C71H133N2O7P/c1-7-10-13-16-19-22-25-28-30-32-33-34-35-36-37-38-39-41-43-46-49-52-55-58-61-64-71(75)80-69(62-59-56-53-50-47-44-27-24-21-18-15-12-9-3)68(67-79-81(76,77)78-66-65-73(4,5)6)72-70(74)63-60-57-54-51-48-45-42-40-31-29-26-23-20-17-14-11-8-2/h20,23,28-31,42,45,59,62,68-69H,7-19,21-22,24-27,32-41,43-44,46-58,60-61,63-67H2,1-6H3,(H-,72,74,76,77)/p+1/b23-20-,30-28+,31-29-,45-42-,62-59-. The molecule has 0 saturated heterocycles. The molecule has 0 aromatic rings. The third-order valence-electron chi connectivity index (χ3n) is 15.4. The van der Waals surface area contributed by atoms with Crippen molar-refractivity contribution in [2.45, 2.75) is 341 Å². The van der Waals surface area contributed by atoms with Gasteiger partial charge in [-0.3, -0.25) is 18.6 Å². The van der Waals surface area contributed by atoms with Crippen molar-refractivity contribution >= 4 is 19.7 Å². The van der Waals surface area contributed by atoms with Crippen molar-refractivity contribution in [3.8, 4) is 0 Å². The average Bonchev–Trinajstić information content (AvgIpc) is 3.44. The van der Waals surface area contributed by atoms with E-state index in [1.165, 1.54) is 212 Å². The van der Waals surface area contributed by atoms with Crippen LogP contribution in [-0.4, -0.2) is 74.3 Å². The maximum absolute atomic E-state index is 13.6. The highest BCUT2D eigenvalue weighted by Crippen LogP contribution is 2.43. The van der Waals surface area contributed by atoms with Crippen molar-refractivity contribution in [2.24, 2.45) is 0 Å². The van der Waals surface area contributed by atoms with Gasteiger partial charge in [0.05, 0.1) is 33.8 Å². The average molecular weight is 1160 g/mol. The second kappa shape index (κ2) is 60.8. The maximum atomic E-state index is 13.6. The number of phosphoric ester groups is 1. The van der Waals surface area contributed by atoms with Gasteiger partial charge in [-0.15, -0.1) is 0 Å². The van der Waals surface area contributed by atoms with Gasteiger partial charge in [-0.2, -0.15) is 0 Å². The lowest BCUT2D eigenvalue weighted by molar-refractivity contribution is -0.870. The molecule has 0 spiro atoms. The van der Waals surface area contributed by atoms with Gasteiger partial charge in [0.2, 0.25) is 5.91 Å². The Morgan fingerprint density at radius 3 is 1.16 bits per heavy atom. The van der Waals surface area contributed by atoms with Crippen LogP contribution in [0.15, 0.2) is 60.8 Å². The van der Waals surface area contributed by atoms with E-state index in [9.17, 15) is 19.0 Å². The Morgan fingerprint density at radius 1 is 0.432 bits per heavy atom. The van der Waals surface area contributed by atoms with Gasteiger partial charge in [0, 0.05) is 12.8 Å². The van der Waals surface area contributed by atoms with Crippen molar-refractivity contribution in [3.63, 3.8) is 0 Å². The number of quaternary nitrogens is 1. The quantitative estimate of drug-likeness (QED) is 0.0205. The summed E-state index contributed by atoms with van der Waals surface area (Å²) >= 11 is 0. The van der Waals surface area contributed by atoms with E-state index in [-0.39, 0.29) is 31.5 Å². The molecule has 0 saturated carbocycles. The molecular formula is C71H134N2O7P+. The summed E-state index contributed by atoms with van der Waals surface area (Å²) < 4.78 is 30.8. The first-order valence-corrected chi connectivity index (χ1v) is 36.1. The summed E-state index contributed by atoms with van der Waals surface area (Å²) in [4.78, 5) is 37.8. The number of unbranched alkanes of at least 4 members (excludes halogenated alkanes) is 39. The van der Waals surface area contributed by atoms with Gasteiger partial charge in [-0.1, -0.05) is 281 Å². The van der Waals surface area contributed by atoms with Crippen LogP contribution in [0.4, 0.5) is 0 Å². The largest absolute Gasteiger partial charge is 0.472 e. The first-order chi connectivity index (χ1) is 39.4. The molecule has 3 unspecified atom stereocenters. The number of carbonyl (C=O) groups is 2. The summed E-state index contributed by atoms with van der Waals surface area (Å²) in [6.07, 6.45) is 78.0. The van der Waals surface area contributed by atoms with Crippen LogP contribution in [0.2, 0.25) is 0 Å². The van der Waals surface area contributed by atoms with Gasteiger partial charge < -0.3 is 19.4 Å². The molecule has 0 fully saturated rings. The lowest BCUT2D eigenvalue weighted by Gasteiger charge is -2.27. The number of phosphoric acid groups is 1. The Balaban J connectivity index is 5.12. The first kappa shape index (κ1) is 78.7. The molecule has 0 radical (unpaired) electrons. The lowest BCUT2D eigenvalue weighted by Crippen LogP contribution is -2.47. The Labute approximate surface area is 502 Å². The van der Waals surface area contributed by atoms with Crippen LogP contribution in [-0.2, 0) is 27.9 Å². The van der Waals surface area contributed by atoms with Crippen molar-refractivity contribution < 1.29 is 37.3 Å². The van der Waals surface area contributed by atoms with Crippen molar-refractivity contribution in [1.29, 1.82) is 0 Å². The van der Waals surface area contributed by atoms with E-state index in [0.717, 1.165) is 83.5 Å². The van der Waals surface area contributed by atoms with Crippen LogP contribution in [0.5, 0.6) is 0 Å². The summed E-state index contributed by atoms with van der Waals surface area (Å²) in [7, 11) is 1.49. The Bertz CT molecular complexity index is 1570. The minimum Gasteiger partial charge on any atom is -0.456 e. The van der Waals surface area contributed by atoms with Crippen LogP contribution >= 0.6 is 7.82 Å². The zero-order valence-corrected chi connectivity index (χ0v) is 55.2. The lowest BCUT2D eigenvalue weighted by atomic mass is 10.0. The monoisotopic (exact) mass is 1160 g/mol. The maximum Gasteiger partial charge on any atom is 0.472 e. The summed E-state index contributed by atoms with van der Waals surface area (Å²) in [6, 6.07) is -0.861. The van der Waals surface area contributed by atoms with Crippen LogP contribution in [0.25, 0.3) is 0 Å². The third kappa shape index (κ3) is 62.1. The molecule has 81 heavy (non-hydrogen) atoms. The number of allylic oxidation sites excluding steroid dienone is 9. The first-order valence-electron chi connectivity index (χ1n) is 34.6. The van der Waals surface area contributed by atoms with E-state index in [0.29, 0.717) is 17.4 Å². The van der Waals surface area contributed by atoms with E-state index < -0.39 is 20.0 Å². The Kier molecular flexibility index (Phi) is 59.1. The van der Waals surface area contributed by atoms with Gasteiger partial charge in [0.1, 0.15) is 19.3 Å². The van der Waals surface area contributed by atoms with Gasteiger partial charge in [-0.25, -0.2) is 4.57 Å². The molecule has 9 nitrogen and oxygen atoms in total. The molecule has 0 aliphatic carbocycles. The van der Waals surface area contributed by atoms with Crippen molar-refractivity contribution in [2.75, 3.05) is 40.9 Å². The highest BCUT2D eigenvalue weighted by atomic mass is 31.2. The molecule has 0 aromatic carbocycles. The number of hydrogen-bond donors (Lipinski definition) is 2. The zero-order valence-electron chi connectivity index (χ0n) is 54.3. The number of rotatable bonds is 63. The minimum absolute atomic E-state index is 0.0355. The summed E-state index contributed by atoms with van der Waals surface area (Å²) in [5, 5.41) is 3.06. The van der Waals surface area contributed by atoms with Gasteiger partial charge in [0.25, 0.3) is 0 Å². The smallest absolute Gasteiger partial charge is 0.456 e. The molecule has 0 aromatic heterocycles. The van der Waals surface area contributed by atoms with Crippen LogP contribution in [0, 0.1) is 0 Å². The molecule has 0 aliphatic heterocycles. The summed E-state index contributed by atoms with van der Waals surface area (Å²) in [6.45, 7) is 7.00. The van der Waals surface area contributed by atoms with Crippen LogP contribution in [0.1, 0.15) is 329 Å². The van der Waals surface area contributed by atoms with Crippen LogP contribution < -0.4 is 5.32 Å². The molecule has 10 heteroatoms. The van der Waals surface area contributed by atoms with E-state index >= 15 is 0 Å². The molecule has 0 rings (SSSR count). The highest BCUT2D eigenvalue weighted by Gasteiger charge is 2.30. The SMILES string of the molecule is CCCCC/C=C\C/C=C\C/C=C\CCCCCCC(=O)NC(COP(=O)(O)OCC[N+](C)(C)C)C(/C=C\CCCCCCCCCCCCC)OC(=O)CCCCCCCCCCCCCCCCC/C=C/CCCCCCCC.